The van der Waals surface area contributed by atoms with Gasteiger partial charge in [0.2, 0.25) is 0 Å². The summed E-state index contributed by atoms with van der Waals surface area (Å²) in [5, 5.41) is 5.61. The third-order valence-corrected chi connectivity index (χ3v) is 4.39. The zero-order valence-corrected chi connectivity index (χ0v) is 14.1. The Kier molecular flexibility index (Phi) is 4.18. The lowest BCUT2D eigenvalue weighted by Gasteiger charge is -2.01. The molecule has 0 saturated heterocycles. The average molecular weight is 353 g/mol. The highest BCUT2D eigenvalue weighted by Gasteiger charge is 2.24. The van der Waals surface area contributed by atoms with Crippen molar-refractivity contribution in [2.75, 3.05) is 11.2 Å². The highest BCUT2D eigenvalue weighted by molar-refractivity contribution is 5.91. The summed E-state index contributed by atoms with van der Waals surface area (Å²) >= 11 is 0. The summed E-state index contributed by atoms with van der Waals surface area (Å²) in [5.74, 6) is 6.63. The molecule has 0 radical (unpaired) electrons. The molecule has 0 bridgehead atoms. The highest BCUT2D eigenvalue weighted by atomic mass is 19.1. The molecule has 3 aromatic rings. The molecule has 2 aromatic heterocycles. The Morgan fingerprint density at radius 1 is 1.23 bits per heavy atom. The fourth-order valence-electron chi connectivity index (χ4n) is 2.89. The number of aromatic nitrogens is 4. The van der Waals surface area contributed by atoms with Crippen LogP contribution in [-0.4, -0.2) is 19.7 Å². The summed E-state index contributed by atoms with van der Waals surface area (Å²) in [6.07, 6.45) is 4.04. The Hall–Kier alpha value is -3.13. The smallest absolute Gasteiger partial charge is 0.143 e. The number of hydrogen-bond donors (Lipinski definition) is 4. The molecule has 0 atom stereocenters. The van der Waals surface area contributed by atoms with E-state index in [0.29, 0.717) is 17.6 Å². The molecule has 7 nitrogen and oxygen atoms in total. The zero-order valence-electron chi connectivity index (χ0n) is 14.1. The van der Waals surface area contributed by atoms with Gasteiger partial charge in [0.05, 0.1) is 0 Å². The van der Waals surface area contributed by atoms with Crippen LogP contribution < -0.4 is 17.0 Å². The minimum absolute atomic E-state index is 0.282. The van der Waals surface area contributed by atoms with Crippen LogP contribution in [0.1, 0.15) is 12.8 Å². The monoisotopic (exact) mass is 353 g/mol. The second-order valence-electron chi connectivity index (χ2n) is 6.44. The van der Waals surface area contributed by atoms with Gasteiger partial charge in [-0.15, -0.1) is 0 Å². The molecule has 134 valence electrons. The molecular formula is C18H20FN7. The van der Waals surface area contributed by atoms with E-state index in [2.05, 4.69) is 15.4 Å². The summed E-state index contributed by atoms with van der Waals surface area (Å²) < 4.78 is 15.2. The van der Waals surface area contributed by atoms with Gasteiger partial charge >= 0.3 is 0 Å². The van der Waals surface area contributed by atoms with Gasteiger partial charge in [-0.1, -0.05) is 0 Å². The Bertz CT molecular complexity index is 985. The summed E-state index contributed by atoms with van der Waals surface area (Å²) in [6.45, 7) is 0.806. The van der Waals surface area contributed by atoms with Crippen LogP contribution in [-0.2, 0) is 6.54 Å². The third kappa shape index (κ3) is 3.31. The molecular weight excluding hydrogens is 333 g/mol. The highest BCUT2D eigenvalue weighted by Crippen LogP contribution is 2.33. The van der Waals surface area contributed by atoms with Crippen LogP contribution in [0.4, 0.5) is 16.0 Å². The molecule has 0 aliphatic heterocycles. The van der Waals surface area contributed by atoms with E-state index in [1.165, 1.54) is 25.0 Å². The van der Waals surface area contributed by atoms with Crippen LogP contribution in [0.3, 0.4) is 0 Å². The number of aromatic amines is 1. The second kappa shape index (κ2) is 6.64. The normalized spacial score (nSPS) is 13.6. The minimum atomic E-state index is -0.282. The number of nitrogen functional groups attached to an aromatic ring is 2. The van der Waals surface area contributed by atoms with Crippen molar-refractivity contribution in [2.24, 2.45) is 11.8 Å². The first-order chi connectivity index (χ1) is 12.6. The van der Waals surface area contributed by atoms with Crippen LogP contribution in [0, 0.1) is 11.7 Å². The number of nitrogens with one attached hydrogen (secondary N) is 2. The quantitative estimate of drug-likeness (QED) is 0.426. The molecule has 2 heterocycles. The van der Waals surface area contributed by atoms with E-state index in [-0.39, 0.29) is 5.82 Å². The average Bonchev–Trinajstić information content (AvgIpc) is 3.37. The van der Waals surface area contributed by atoms with Crippen LogP contribution in [0.5, 0.6) is 0 Å². The topological polar surface area (TPSA) is 111 Å². The summed E-state index contributed by atoms with van der Waals surface area (Å²) in [6, 6.07) is 9.75. The van der Waals surface area contributed by atoms with Gasteiger partial charge in [-0.05, 0) is 49.1 Å². The summed E-state index contributed by atoms with van der Waals surface area (Å²) in [7, 11) is 0. The van der Waals surface area contributed by atoms with Crippen molar-refractivity contribution in [3.63, 3.8) is 0 Å². The number of hydrogen-bond acceptors (Lipinski definition) is 5. The first kappa shape index (κ1) is 16.3. The number of halogens is 1. The van der Waals surface area contributed by atoms with Gasteiger partial charge in [-0.3, -0.25) is 0 Å². The van der Waals surface area contributed by atoms with Crippen molar-refractivity contribution in [2.45, 2.75) is 19.4 Å². The molecule has 4 rings (SSSR count). The first-order valence-electron chi connectivity index (χ1n) is 8.46. The zero-order chi connectivity index (χ0) is 18.1. The van der Waals surface area contributed by atoms with Crippen molar-refractivity contribution in [3.8, 4) is 11.3 Å². The molecule has 1 fully saturated rings. The van der Waals surface area contributed by atoms with Crippen molar-refractivity contribution < 1.29 is 4.39 Å². The lowest BCUT2D eigenvalue weighted by atomic mass is 10.1. The lowest BCUT2D eigenvalue weighted by Crippen LogP contribution is -2.08. The first-order valence-corrected chi connectivity index (χ1v) is 8.46. The molecule has 0 spiro atoms. The maximum atomic E-state index is 13.3. The molecule has 6 N–H and O–H groups in total. The third-order valence-electron chi connectivity index (χ3n) is 4.39. The minimum Gasteiger partial charge on any atom is -0.385 e. The van der Waals surface area contributed by atoms with E-state index in [1.54, 1.807) is 24.4 Å². The van der Waals surface area contributed by atoms with Gasteiger partial charge in [0.15, 0.2) is 0 Å². The molecule has 8 heteroatoms. The number of anilines is 2. The van der Waals surface area contributed by atoms with E-state index in [4.69, 9.17) is 16.7 Å². The predicted molar refractivity (Wildman–Crippen MR) is 99.8 cm³/mol. The molecule has 0 amide bonds. The van der Waals surface area contributed by atoms with Crippen molar-refractivity contribution in [3.05, 3.63) is 48.4 Å². The lowest BCUT2D eigenvalue weighted by molar-refractivity contribution is 0.578. The molecule has 1 aliphatic rings. The van der Waals surface area contributed by atoms with Crippen molar-refractivity contribution in [1.82, 2.24) is 19.7 Å². The van der Waals surface area contributed by atoms with Gasteiger partial charge in [-0.2, -0.15) is 5.10 Å². The van der Waals surface area contributed by atoms with E-state index in [1.807, 2.05) is 10.7 Å². The molecule has 1 aromatic carbocycles. The fourth-order valence-corrected chi connectivity index (χ4v) is 2.89. The van der Waals surface area contributed by atoms with Crippen LogP contribution in [0.25, 0.3) is 22.3 Å². The van der Waals surface area contributed by atoms with Gasteiger partial charge < -0.3 is 16.1 Å². The number of hydrazine groups is 1. The molecule has 1 saturated carbocycles. The van der Waals surface area contributed by atoms with E-state index in [0.717, 1.165) is 28.8 Å². The maximum absolute atomic E-state index is 13.3. The summed E-state index contributed by atoms with van der Waals surface area (Å²) in [5.41, 5.74) is 10.9. The van der Waals surface area contributed by atoms with Crippen molar-refractivity contribution >= 4 is 22.7 Å². The maximum Gasteiger partial charge on any atom is 0.143 e. The standard InChI is InChI=1S/C18H20FN7/c19-13-5-3-12(4-6-13)17-14-7-8-22-16(24-21)9-15(20)23-18(14)26(25-17)10-11-1-2-11/h3-9,11,23H,1-2,10,20-21H2,(H,22,24). The van der Waals surface area contributed by atoms with Crippen LogP contribution in [0.2, 0.25) is 0 Å². The second-order valence-corrected chi connectivity index (χ2v) is 6.44. The molecule has 26 heavy (non-hydrogen) atoms. The Morgan fingerprint density at radius 3 is 2.69 bits per heavy atom. The predicted octanol–water partition coefficient (Wildman–Crippen LogP) is 2.97. The van der Waals surface area contributed by atoms with Crippen LogP contribution in [0.15, 0.2) is 42.6 Å². The number of benzene rings is 1. The fraction of sp³-hybridized carbons (Fsp3) is 0.222. The molecule has 1 aliphatic carbocycles. The number of nitrogens with zero attached hydrogens (tertiary/aromatic N) is 3. The van der Waals surface area contributed by atoms with Gasteiger partial charge in [-0.25, -0.2) is 19.9 Å². The van der Waals surface area contributed by atoms with Gasteiger partial charge in [0.25, 0.3) is 0 Å². The number of fused-ring (bicyclic) bond motifs is 1. The largest absolute Gasteiger partial charge is 0.385 e. The van der Waals surface area contributed by atoms with Crippen LogP contribution >= 0.6 is 0 Å². The van der Waals surface area contributed by atoms with Gasteiger partial charge in [0, 0.05) is 29.8 Å². The number of nitrogens with two attached hydrogens (primary N) is 2. The van der Waals surface area contributed by atoms with E-state index < -0.39 is 0 Å². The van der Waals surface area contributed by atoms with Gasteiger partial charge in [0.1, 0.15) is 28.8 Å². The Morgan fingerprint density at radius 2 is 2.00 bits per heavy atom. The number of rotatable bonds is 4. The summed E-state index contributed by atoms with van der Waals surface area (Å²) in [4.78, 5) is 7.46. The Balaban J connectivity index is 1.98. The van der Waals surface area contributed by atoms with E-state index >= 15 is 0 Å². The Labute approximate surface area is 149 Å². The van der Waals surface area contributed by atoms with E-state index in [9.17, 15) is 4.39 Å². The SMILES string of the molecule is NNc1cc(N)[nH]c2c(ccn1)c(-c1ccc(F)cc1)nn2CC1CC1. The van der Waals surface area contributed by atoms with Crippen molar-refractivity contribution in [1.29, 1.82) is 0 Å². The molecule has 0 unspecified atom stereocenters. The number of H-pyrrole nitrogens is 1.